The highest BCUT2D eigenvalue weighted by atomic mass is 35.5. The number of aliphatic imine (C=N–C) groups is 1. The number of ether oxygens (including phenoxy) is 2. The summed E-state index contributed by atoms with van der Waals surface area (Å²) >= 11 is 7.29. The van der Waals surface area contributed by atoms with Gasteiger partial charge in [-0.05, 0) is 90.7 Å². The van der Waals surface area contributed by atoms with E-state index in [0.717, 1.165) is 23.2 Å². The van der Waals surface area contributed by atoms with Gasteiger partial charge in [-0.2, -0.15) is 0 Å². The first-order chi connectivity index (χ1) is 17.5. The molecule has 186 valence electrons. The summed E-state index contributed by atoms with van der Waals surface area (Å²) in [6, 6.07) is 21.4. The molecule has 5 nitrogen and oxygen atoms in total. The molecule has 1 saturated heterocycles. The number of carbonyl (C=O) groups is 1. The number of thioether (sulfide) groups is 1. The molecule has 0 radical (unpaired) electrons. The number of amides is 1. The highest BCUT2D eigenvalue weighted by Gasteiger charge is 2.24. The Hall–Kier alpha value is -3.22. The predicted octanol–water partition coefficient (Wildman–Crippen LogP) is 7.55. The third-order valence-electron chi connectivity index (χ3n) is 5.51. The number of unbranched alkanes of at least 4 members (excludes halogenated alkanes) is 1. The Balaban J connectivity index is 1.45. The van der Waals surface area contributed by atoms with Gasteiger partial charge in [0.1, 0.15) is 6.61 Å². The highest BCUT2D eigenvalue weighted by Crippen LogP contribution is 2.33. The molecule has 7 heteroatoms. The number of nitrogens with zero attached hydrogens (tertiary/aromatic N) is 1. The molecule has 0 bridgehead atoms. The van der Waals surface area contributed by atoms with Gasteiger partial charge in [-0.15, -0.1) is 0 Å². The maximum absolute atomic E-state index is 12.6. The van der Waals surface area contributed by atoms with E-state index in [4.69, 9.17) is 21.1 Å². The third-order valence-corrected chi connectivity index (χ3v) is 6.67. The zero-order valence-corrected chi connectivity index (χ0v) is 22.0. The summed E-state index contributed by atoms with van der Waals surface area (Å²) < 4.78 is 11.8. The van der Waals surface area contributed by atoms with Crippen LogP contribution in [0.25, 0.3) is 6.08 Å². The number of hydrogen-bond acceptors (Lipinski definition) is 5. The summed E-state index contributed by atoms with van der Waals surface area (Å²) in [6.45, 7) is 5.01. The van der Waals surface area contributed by atoms with Crippen LogP contribution in [0.4, 0.5) is 5.69 Å². The zero-order valence-electron chi connectivity index (χ0n) is 20.4. The van der Waals surface area contributed by atoms with E-state index in [1.165, 1.54) is 30.2 Å². The van der Waals surface area contributed by atoms with Gasteiger partial charge in [0.05, 0.1) is 17.2 Å². The third kappa shape index (κ3) is 7.15. The molecule has 0 aromatic heterocycles. The molecule has 1 amide bonds. The molecule has 1 fully saturated rings. The quantitative estimate of drug-likeness (QED) is 0.280. The van der Waals surface area contributed by atoms with E-state index >= 15 is 0 Å². The molecule has 1 aliphatic rings. The topological polar surface area (TPSA) is 59.9 Å². The molecule has 0 spiro atoms. The minimum atomic E-state index is -0.167. The number of rotatable bonds is 10. The van der Waals surface area contributed by atoms with E-state index in [0.29, 0.717) is 39.8 Å². The van der Waals surface area contributed by atoms with Gasteiger partial charge >= 0.3 is 0 Å². The number of carbonyl (C=O) groups excluding carboxylic acids is 1. The van der Waals surface area contributed by atoms with Crippen LogP contribution in [0.2, 0.25) is 5.02 Å². The molecule has 0 saturated carbocycles. The Kier molecular flexibility index (Phi) is 9.09. The fraction of sp³-hybridized carbons (Fsp3) is 0.241. The van der Waals surface area contributed by atoms with Crippen molar-refractivity contribution in [3.05, 3.63) is 93.3 Å². The molecular weight excluding hydrogens is 492 g/mol. The summed E-state index contributed by atoms with van der Waals surface area (Å²) in [5, 5.41) is 4.11. The van der Waals surface area contributed by atoms with Crippen molar-refractivity contribution in [1.29, 1.82) is 0 Å². The summed E-state index contributed by atoms with van der Waals surface area (Å²) in [5.74, 6) is 1.10. The Bertz CT molecular complexity index is 1250. The first-order valence-corrected chi connectivity index (χ1v) is 13.3. The van der Waals surface area contributed by atoms with Crippen molar-refractivity contribution >= 4 is 46.2 Å². The second-order valence-electron chi connectivity index (χ2n) is 8.31. The molecule has 3 aromatic carbocycles. The lowest BCUT2D eigenvalue weighted by molar-refractivity contribution is -0.115. The first kappa shape index (κ1) is 25.9. The Morgan fingerprint density at radius 2 is 1.69 bits per heavy atom. The van der Waals surface area contributed by atoms with Crippen molar-refractivity contribution in [3.8, 4) is 11.5 Å². The van der Waals surface area contributed by atoms with E-state index in [1.54, 1.807) is 0 Å². The number of hydrogen-bond donors (Lipinski definition) is 1. The van der Waals surface area contributed by atoms with Crippen LogP contribution in [0.15, 0.2) is 76.6 Å². The van der Waals surface area contributed by atoms with Crippen molar-refractivity contribution in [2.75, 3.05) is 6.61 Å². The van der Waals surface area contributed by atoms with Crippen LogP contribution < -0.4 is 14.8 Å². The van der Waals surface area contributed by atoms with Gasteiger partial charge in [0.15, 0.2) is 16.7 Å². The summed E-state index contributed by atoms with van der Waals surface area (Å²) in [7, 11) is 0. The lowest BCUT2D eigenvalue weighted by atomic mass is 10.1. The van der Waals surface area contributed by atoms with Crippen molar-refractivity contribution in [2.24, 2.45) is 4.99 Å². The van der Waals surface area contributed by atoms with Crippen LogP contribution >= 0.6 is 23.4 Å². The molecule has 4 rings (SSSR count). The van der Waals surface area contributed by atoms with Crippen LogP contribution in [-0.4, -0.2) is 17.7 Å². The standard InChI is InChI=1S/C29H29ClN2O3S/c1-3-5-6-20-9-14-24(15-10-20)31-29-32-28(33)27(36-29)18-22-11-16-25(26(17-22)34-4-2)35-19-21-7-12-23(30)13-8-21/h7-18H,3-6,19H2,1-2H3,(H,31,32,33)/b27-18-. The number of aryl methyl sites for hydroxylation is 1. The number of halogens is 1. The zero-order chi connectivity index (χ0) is 25.3. The van der Waals surface area contributed by atoms with Crippen LogP contribution in [-0.2, 0) is 17.8 Å². The normalized spacial score (nSPS) is 15.4. The molecule has 3 aromatic rings. The molecule has 1 heterocycles. The van der Waals surface area contributed by atoms with Gasteiger partial charge in [0, 0.05) is 5.02 Å². The van der Waals surface area contributed by atoms with Gasteiger partial charge in [0.2, 0.25) is 0 Å². The molecule has 0 atom stereocenters. The van der Waals surface area contributed by atoms with Gasteiger partial charge in [-0.1, -0.05) is 55.3 Å². The smallest absolute Gasteiger partial charge is 0.264 e. The monoisotopic (exact) mass is 520 g/mol. The average molecular weight is 521 g/mol. The first-order valence-electron chi connectivity index (χ1n) is 12.1. The number of nitrogens with one attached hydrogen (secondary N) is 1. The highest BCUT2D eigenvalue weighted by molar-refractivity contribution is 8.18. The summed E-state index contributed by atoms with van der Waals surface area (Å²) in [4.78, 5) is 17.7. The Morgan fingerprint density at radius 1 is 0.944 bits per heavy atom. The SMILES string of the molecule is CCCCc1ccc(N=C2NC(=O)/C(=C/c3ccc(OCc4ccc(Cl)cc4)c(OCC)c3)S2)cc1. The minimum Gasteiger partial charge on any atom is -0.490 e. The molecule has 36 heavy (non-hydrogen) atoms. The van der Waals surface area contributed by atoms with E-state index in [2.05, 4.69) is 29.4 Å². The molecule has 1 aliphatic heterocycles. The van der Waals surface area contributed by atoms with Crippen LogP contribution in [0.1, 0.15) is 43.4 Å². The van der Waals surface area contributed by atoms with Gasteiger partial charge < -0.3 is 14.8 Å². The fourth-order valence-corrected chi connectivity index (χ4v) is 4.58. The van der Waals surface area contributed by atoms with Gasteiger partial charge in [-0.25, -0.2) is 4.99 Å². The minimum absolute atomic E-state index is 0.167. The van der Waals surface area contributed by atoms with Crippen LogP contribution in [0.3, 0.4) is 0 Å². The largest absolute Gasteiger partial charge is 0.490 e. The van der Waals surface area contributed by atoms with E-state index < -0.39 is 0 Å². The number of benzene rings is 3. The van der Waals surface area contributed by atoms with Crippen molar-refractivity contribution in [2.45, 2.75) is 39.7 Å². The van der Waals surface area contributed by atoms with Crippen molar-refractivity contribution in [3.63, 3.8) is 0 Å². The lowest BCUT2D eigenvalue weighted by Crippen LogP contribution is -2.19. The molecule has 0 aliphatic carbocycles. The van der Waals surface area contributed by atoms with E-state index in [9.17, 15) is 4.79 Å². The molecular formula is C29H29ClN2O3S. The number of amidine groups is 1. The summed E-state index contributed by atoms with van der Waals surface area (Å²) in [5.41, 5.74) is 3.97. The fourth-order valence-electron chi connectivity index (χ4n) is 3.61. The second kappa shape index (κ2) is 12.7. The Morgan fingerprint density at radius 3 is 2.42 bits per heavy atom. The van der Waals surface area contributed by atoms with Crippen LogP contribution in [0.5, 0.6) is 11.5 Å². The molecule has 0 unspecified atom stereocenters. The Labute approximate surface area is 221 Å². The maximum Gasteiger partial charge on any atom is 0.264 e. The van der Waals surface area contributed by atoms with E-state index in [-0.39, 0.29) is 5.91 Å². The van der Waals surface area contributed by atoms with Crippen molar-refractivity contribution < 1.29 is 14.3 Å². The van der Waals surface area contributed by atoms with E-state index in [1.807, 2.05) is 67.6 Å². The molecule has 1 N–H and O–H groups in total. The summed E-state index contributed by atoms with van der Waals surface area (Å²) in [6.07, 6.45) is 5.25. The second-order valence-corrected chi connectivity index (χ2v) is 9.77. The van der Waals surface area contributed by atoms with Gasteiger partial charge in [-0.3, -0.25) is 4.79 Å². The van der Waals surface area contributed by atoms with Crippen LogP contribution in [0, 0.1) is 0 Å². The predicted molar refractivity (Wildman–Crippen MR) is 149 cm³/mol. The average Bonchev–Trinajstić information content (AvgIpc) is 3.22. The van der Waals surface area contributed by atoms with Crippen molar-refractivity contribution in [1.82, 2.24) is 5.32 Å². The maximum atomic E-state index is 12.6. The van der Waals surface area contributed by atoms with Gasteiger partial charge in [0.25, 0.3) is 5.91 Å². The lowest BCUT2D eigenvalue weighted by Gasteiger charge is -2.13.